The van der Waals surface area contributed by atoms with E-state index < -0.39 is 0 Å². The number of aromatic hydroxyl groups is 1. The minimum atomic E-state index is -0.236. The molecule has 5 aromatic rings. The van der Waals surface area contributed by atoms with Crippen molar-refractivity contribution >= 4 is 30.0 Å². The molecule has 1 unspecified atom stereocenters. The molecule has 0 saturated heterocycles. The molecule has 1 N–H and O–H groups in total. The van der Waals surface area contributed by atoms with Crippen LogP contribution in [0.3, 0.4) is 0 Å². The maximum Gasteiger partial charge on any atom is 0.123 e. The number of phenols is 1. The molecule has 0 saturated carbocycles. The van der Waals surface area contributed by atoms with Crippen molar-refractivity contribution in [3.63, 3.8) is 0 Å². The Balaban J connectivity index is 1.69. The van der Waals surface area contributed by atoms with E-state index in [2.05, 4.69) is 36.4 Å². The van der Waals surface area contributed by atoms with Gasteiger partial charge in [0.15, 0.2) is 0 Å². The van der Waals surface area contributed by atoms with Crippen LogP contribution in [0, 0.1) is 5.82 Å². The fraction of sp³-hybridized carbons (Fsp3) is 0. The Kier molecular flexibility index (Phi) is 5.24. The highest BCUT2D eigenvalue weighted by molar-refractivity contribution is 7.56. The van der Waals surface area contributed by atoms with Crippen LogP contribution >= 0.6 is 8.58 Å². The molecule has 31 heavy (non-hydrogen) atoms. The lowest BCUT2D eigenvalue weighted by molar-refractivity contribution is 0.477. The second-order valence-electron chi connectivity index (χ2n) is 7.40. The first-order chi connectivity index (χ1) is 15.2. The summed E-state index contributed by atoms with van der Waals surface area (Å²) in [6.45, 7) is 0. The first-order valence-electron chi connectivity index (χ1n) is 10.1. The number of halogens is 1. The van der Waals surface area contributed by atoms with Gasteiger partial charge < -0.3 is 5.11 Å². The summed E-state index contributed by atoms with van der Waals surface area (Å²) in [5.74, 6) is 0.0387. The van der Waals surface area contributed by atoms with Crippen LogP contribution in [-0.2, 0) is 0 Å². The molecule has 0 spiro atoms. The van der Waals surface area contributed by atoms with Crippen LogP contribution in [0.4, 0.5) is 4.39 Å². The van der Waals surface area contributed by atoms with Gasteiger partial charge in [-0.05, 0) is 50.7 Å². The zero-order valence-corrected chi connectivity index (χ0v) is 17.7. The molecular weight excluding hydrogens is 402 g/mol. The van der Waals surface area contributed by atoms with Crippen molar-refractivity contribution in [3.8, 4) is 28.0 Å². The van der Waals surface area contributed by atoms with Gasteiger partial charge in [0.1, 0.15) is 11.6 Å². The maximum absolute atomic E-state index is 13.5. The minimum absolute atomic E-state index is 0.236. The third-order valence-corrected chi connectivity index (χ3v) is 6.85. The van der Waals surface area contributed by atoms with Gasteiger partial charge in [0.2, 0.25) is 0 Å². The summed E-state index contributed by atoms with van der Waals surface area (Å²) < 4.78 is 13.5. The Morgan fingerprint density at radius 1 is 0.581 bits per heavy atom. The first-order valence-corrected chi connectivity index (χ1v) is 11.1. The van der Waals surface area contributed by atoms with Gasteiger partial charge >= 0.3 is 0 Å². The molecule has 0 fully saturated rings. The van der Waals surface area contributed by atoms with Crippen molar-refractivity contribution in [1.82, 2.24) is 0 Å². The molecule has 5 rings (SSSR count). The molecule has 0 bridgehead atoms. The van der Waals surface area contributed by atoms with Crippen molar-refractivity contribution in [1.29, 1.82) is 0 Å². The summed E-state index contributed by atoms with van der Waals surface area (Å²) in [5.41, 5.74) is 3.98. The Morgan fingerprint density at radius 2 is 1.26 bits per heavy atom. The fourth-order valence-electron chi connectivity index (χ4n) is 3.97. The molecule has 0 heterocycles. The van der Waals surface area contributed by atoms with E-state index in [4.69, 9.17) is 0 Å². The molecule has 1 nitrogen and oxygen atoms in total. The highest BCUT2D eigenvalue weighted by Gasteiger charge is 2.15. The monoisotopic (exact) mass is 422 g/mol. The molecule has 0 aliphatic carbocycles. The van der Waals surface area contributed by atoms with Gasteiger partial charge in [0.05, 0.1) is 0 Å². The highest BCUT2D eigenvalue weighted by Crippen LogP contribution is 2.36. The summed E-state index contributed by atoms with van der Waals surface area (Å²) in [7, 11) is 0.378. The van der Waals surface area contributed by atoms with Crippen LogP contribution in [0.15, 0.2) is 109 Å². The van der Waals surface area contributed by atoms with Gasteiger partial charge in [0, 0.05) is 11.1 Å². The predicted octanol–water partition coefficient (Wildman–Crippen LogP) is 6.65. The van der Waals surface area contributed by atoms with Crippen molar-refractivity contribution in [2.45, 2.75) is 0 Å². The quantitative estimate of drug-likeness (QED) is 0.322. The van der Waals surface area contributed by atoms with E-state index in [-0.39, 0.29) is 11.6 Å². The van der Waals surface area contributed by atoms with Crippen LogP contribution in [0.2, 0.25) is 0 Å². The fourth-order valence-corrected chi connectivity index (χ4v) is 5.36. The van der Waals surface area contributed by atoms with E-state index in [1.54, 1.807) is 6.07 Å². The van der Waals surface area contributed by atoms with Gasteiger partial charge in [-0.25, -0.2) is 4.39 Å². The van der Waals surface area contributed by atoms with Crippen molar-refractivity contribution in [3.05, 3.63) is 115 Å². The standard InChI is InChI=1S/C28H20FOP/c29-21-16-13-20(14-17-21)22-8-4-6-12-26(22)31-27-18-15-19-7-1-2-9-23(19)28(27)24-10-3-5-11-25(24)30/h1-18,30-31H. The van der Waals surface area contributed by atoms with Crippen LogP contribution in [0.1, 0.15) is 0 Å². The van der Waals surface area contributed by atoms with Gasteiger partial charge in [-0.1, -0.05) is 99.6 Å². The van der Waals surface area contributed by atoms with Gasteiger partial charge in [0.25, 0.3) is 0 Å². The van der Waals surface area contributed by atoms with Crippen LogP contribution in [-0.4, -0.2) is 5.11 Å². The molecule has 0 aliphatic heterocycles. The largest absolute Gasteiger partial charge is 0.507 e. The lowest BCUT2D eigenvalue weighted by Gasteiger charge is -2.17. The molecule has 150 valence electrons. The number of phenolic OH excluding ortho intramolecular Hbond substituents is 1. The van der Waals surface area contributed by atoms with E-state index in [0.717, 1.165) is 38.3 Å². The number of hydrogen-bond donors (Lipinski definition) is 1. The zero-order chi connectivity index (χ0) is 21.2. The van der Waals surface area contributed by atoms with Crippen LogP contribution in [0.5, 0.6) is 5.75 Å². The van der Waals surface area contributed by atoms with Gasteiger partial charge in [-0.3, -0.25) is 0 Å². The van der Waals surface area contributed by atoms with E-state index in [9.17, 15) is 9.50 Å². The molecule has 3 heteroatoms. The number of benzene rings is 5. The zero-order valence-electron chi connectivity index (χ0n) is 16.7. The van der Waals surface area contributed by atoms with E-state index >= 15 is 0 Å². The summed E-state index contributed by atoms with van der Waals surface area (Å²) >= 11 is 0. The number of para-hydroxylation sites is 1. The first kappa shape index (κ1) is 19.5. The third kappa shape index (κ3) is 3.83. The molecule has 0 aliphatic rings. The molecular formula is C28H20FOP. The predicted molar refractivity (Wildman–Crippen MR) is 130 cm³/mol. The van der Waals surface area contributed by atoms with Crippen LogP contribution in [0.25, 0.3) is 33.0 Å². The summed E-state index contributed by atoms with van der Waals surface area (Å²) in [4.78, 5) is 0. The summed E-state index contributed by atoms with van der Waals surface area (Å²) in [6, 6.07) is 35.0. The van der Waals surface area contributed by atoms with E-state index in [1.807, 2.05) is 54.6 Å². The average molecular weight is 422 g/mol. The second kappa shape index (κ2) is 8.34. The van der Waals surface area contributed by atoms with Crippen molar-refractivity contribution in [2.24, 2.45) is 0 Å². The molecule has 0 amide bonds. The summed E-state index contributed by atoms with van der Waals surface area (Å²) in [5, 5.41) is 15.2. The number of fused-ring (bicyclic) bond motifs is 1. The molecule has 1 atom stereocenters. The van der Waals surface area contributed by atoms with Gasteiger partial charge in [-0.15, -0.1) is 0 Å². The Hall–Kier alpha value is -3.48. The third-order valence-electron chi connectivity index (χ3n) is 5.45. The molecule has 0 radical (unpaired) electrons. The lowest BCUT2D eigenvalue weighted by atomic mass is 9.97. The summed E-state index contributed by atoms with van der Waals surface area (Å²) in [6.07, 6.45) is 0. The number of rotatable bonds is 4. The smallest absolute Gasteiger partial charge is 0.123 e. The average Bonchev–Trinajstić information content (AvgIpc) is 2.81. The number of hydrogen-bond acceptors (Lipinski definition) is 1. The maximum atomic E-state index is 13.5. The Labute approximate surface area is 182 Å². The van der Waals surface area contributed by atoms with Crippen LogP contribution < -0.4 is 10.6 Å². The molecule has 0 aromatic heterocycles. The molecule has 5 aromatic carbocycles. The topological polar surface area (TPSA) is 20.2 Å². The SMILES string of the molecule is Oc1ccccc1-c1c(Pc2ccccc2-c2ccc(F)cc2)ccc2ccccc12. The second-order valence-corrected chi connectivity index (χ2v) is 8.73. The highest BCUT2D eigenvalue weighted by atomic mass is 31.1. The lowest BCUT2D eigenvalue weighted by Crippen LogP contribution is -2.09. The van der Waals surface area contributed by atoms with Crippen molar-refractivity contribution < 1.29 is 9.50 Å². The van der Waals surface area contributed by atoms with Crippen molar-refractivity contribution in [2.75, 3.05) is 0 Å². The van der Waals surface area contributed by atoms with E-state index in [1.165, 1.54) is 17.4 Å². The van der Waals surface area contributed by atoms with E-state index in [0.29, 0.717) is 8.58 Å². The van der Waals surface area contributed by atoms with Gasteiger partial charge in [-0.2, -0.15) is 0 Å². The Bertz CT molecular complexity index is 1380. The minimum Gasteiger partial charge on any atom is -0.507 e. The Morgan fingerprint density at radius 3 is 2.06 bits per heavy atom. The normalized spacial score (nSPS) is 11.4.